The van der Waals surface area contributed by atoms with Crippen LogP contribution in [0, 0.1) is 0 Å². The lowest BCUT2D eigenvalue weighted by molar-refractivity contribution is -0.150. The molecule has 1 saturated heterocycles. The van der Waals surface area contributed by atoms with Gasteiger partial charge in [0.15, 0.2) is 0 Å². The predicted molar refractivity (Wildman–Crippen MR) is 94.6 cm³/mol. The summed E-state index contributed by atoms with van der Waals surface area (Å²) >= 11 is 1.27. The van der Waals surface area contributed by atoms with E-state index in [1.807, 2.05) is 4.72 Å². The largest absolute Gasteiger partial charge is 0.477 e. The first-order valence-electron chi connectivity index (χ1n) is 7.67. The van der Waals surface area contributed by atoms with Gasteiger partial charge in [0.2, 0.25) is 5.91 Å². The molecule has 2 aliphatic rings. The molecular formula is C15H15N3O7S2. The fourth-order valence-electron chi connectivity index (χ4n) is 2.84. The number of hydrogen-bond donors (Lipinski definition) is 4. The monoisotopic (exact) mass is 413 g/mol. The molecule has 0 aliphatic carbocycles. The van der Waals surface area contributed by atoms with Crippen molar-refractivity contribution in [3.8, 4) is 0 Å². The maximum atomic E-state index is 12.6. The summed E-state index contributed by atoms with van der Waals surface area (Å²) < 4.78 is 33.3. The van der Waals surface area contributed by atoms with E-state index in [0.717, 1.165) is 4.90 Å². The molecule has 12 heteroatoms. The van der Waals surface area contributed by atoms with E-state index in [1.54, 1.807) is 18.2 Å². The number of hydrogen-bond acceptors (Lipinski definition) is 6. The SMILES string of the molecule is O=C(O)C1=CCS[C@@H]2[C@H](NC(=O)C(NS(=O)(=O)O)c3ccccc3)C(=O)N12. The normalized spacial score (nSPS) is 22.9. The lowest BCUT2D eigenvalue weighted by Crippen LogP contribution is -2.70. The highest BCUT2D eigenvalue weighted by Crippen LogP contribution is 2.37. The highest BCUT2D eigenvalue weighted by atomic mass is 32.2. The van der Waals surface area contributed by atoms with E-state index >= 15 is 0 Å². The molecule has 10 nitrogen and oxygen atoms in total. The Morgan fingerprint density at radius 2 is 1.93 bits per heavy atom. The molecule has 2 amide bonds. The topological polar surface area (TPSA) is 153 Å². The average Bonchev–Trinajstić information content (AvgIpc) is 2.63. The minimum Gasteiger partial charge on any atom is -0.477 e. The molecule has 0 aromatic heterocycles. The van der Waals surface area contributed by atoms with Crippen molar-refractivity contribution in [3.05, 3.63) is 47.7 Å². The van der Waals surface area contributed by atoms with Gasteiger partial charge < -0.3 is 10.4 Å². The molecular weight excluding hydrogens is 398 g/mol. The van der Waals surface area contributed by atoms with Crippen LogP contribution in [-0.2, 0) is 24.7 Å². The molecule has 0 bridgehead atoms. The van der Waals surface area contributed by atoms with Gasteiger partial charge >= 0.3 is 16.3 Å². The number of rotatable bonds is 6. The molecule has 0 spiro atoms. The first-order valence-corrected chi connectivity index (χ1v) is 10.2. The van der Waals surface area contributed by atoms with Crippen LogP contribution >= 0.6 is 11.8 Å². The molecule has 1 unspecified atom stereocenters. The summed E-state index contributed by atoms with van der Waals surface area (Å²) in [6.45, 7) is 0. The lowest BCUT2D eigenvalue weighted by Gasteiger charge is -2.48. The molecule has 144 valence electrons. The summed E-state index contributed by atoms with van der Waals surface area (Å²) in [5.41, 5.74) is 0.114. The Morgan fingerprint density at radius 1 is 1.26 bits per heavy atom. The molecule has 0 saturated carbocycles. The lowest BCUT2D eigenvalue weighted by atomic mass is 10.0. The van der Waals surface area contributed by atoms with Crippen LogP contribution in [0.15, 0.2) is 42.1 Å². The van der Waals surface area contributed by atoms with Gasteiger partial charge in [0.1, 0.15) is 23.2 Å². The first kappa shape index (κ1) is 19.4. The highest BCUT2D eigenvalue weighted by Gasteiger charge is 2.53. The minimum absolute atomic E-state index is 0.148. The van der Waals surface area contributed by atoms with E-state index in [9.17, 15) is 22.8 Å². The van der Waals surface area contributed by atoms with Gasteiger partial charge in [-0.1, -0.05) is 30.3 Å². The zero-order chi connectivity index (χ0) is 19.8. The highest BCUT2D eigenvalue weighted by molar-refractivity contribution is 8.00. The Hall–Kier alpha value is -2.41. The van der Waals surface area contributed by atoms with Crippen molar-refractivity contribution >= 4 is 39.8 Å². The molecule has 3 atom stereocenters. The Labute approximate surface area is 158 Å². The number of carboxylic acid groups (broad SMARTS) is 1. The van der Waals surface area contributed by atoms with Gasteiger partial charge in [0.05, 0.1) is 0 Å². The molecule has 2 heterocycles. The zero-order valence-corrected chi connectivity index (χ0v) is 15.2. The molecule has 0 radical (unpaired) electrons. The summed E-state index contributed by atoms with van der Waals surface area (Å²) in [5.74, 6) is -2.33. The molecule has 1 fully saturated rings. The second-order valence-electron chi connectivity index (χ2n) is 5.75. The van der Waals surface area contributed by atoms with Crippen LogP contribution < -0.4 is 10.0 Å². The molecule has 2 aliphatic heterocycles. The predicted octanol–water partition coefficient (Wildman–Crippen LogP) is -0.511. The van der Waals surface area contributed by atoms with E-state index in [-0.39, 0.29) is 11.3 Å². The molecule has 27 heavy (non-hydrogen) atoms. The number of amides is 2. The number of carbonyl (C=O) groups is 3. The Morgan fingerprint density at radius 3 is 2.52 bits per heavy atom. The first-order chi connectivity index (χ1) is 12.7. The van der Waals surface area contributed by atoms with E-state index in [2.05, 4.69) is 5.32 Å². The maximum Gasteiger partial charge on any atom is 0.352 e. The van der Waals surface area contributed by atoms with Crippen LogP contribution in [0.5, 0.6) is 0 Å². The van der Waals surface area contributed by atoms with Gasteiger partial charge in [-0.2, -0.15) is 13.1 Å². The van der Waals surface area contributed by atoms with Crippen molar-refractivity contribution in [2.75, 3.05) is 5.75 Å². The van der Waals surface area contributed by atoms with Gasteiger partial charge in [0.25, 0.3) is 5.91 Å². The minimum atomic E-state index is -4.70. The quantitative estimate of drug-likeness (QED) is 0.359. The van der Waals surface area contributed by atoms with Gasteiger partial charge in [-0.25, -0.2) is 4.79 Å². The number of nitrogens with zero attached hydrogens (tertiary/aromatic N) is 1. The number of nitrogens with one attached hydrogen (secondary N) is 2. The summed E-state index contributed by atoms with van der Waals surface area (Å²) in [7, 11) is -4.70. The number of benzene rings is 1. The molecule has 1 aromatic carbocycles. The van der Waals surface area contributed by atoms with Crippen LogP contribution in [0.2, 0.25) is 0 Å². The summed E-state index contributed by atoms with van der Waals surface area (Å²) in [4.78, 5) is 37.2. The van der Waals surface area contributed by atoms with Crippen LogP contribution in [0.1, 0.15) is 11.6 Å². The third-order valence-corrected chi connectivity index (χ3v) is 5.74. The van der Waals surface area contributed by atoms with Crippen molar-refractivity contribution in [2.24, 2.45) is 0 Å². The fourth-order valence-corrected chi connectivity index (χ4v) is 4.58. The number of fused-ring (bicyclic) bond motifs is 1. The van der Waals surface area contributed by atoms with Gasteiger partial charge in [0, 0.05) is 5.75 Å². The second-order valence-corrected chi connectivity index (χ2v) is 8.09. The van der Waals surface area contributed by atoms with E-state index in [1.165, 1.54) is 30.0 Å². The molecule has 1 aromatic rings. The maximum absolute atomic E-state index is 12.6. The fraction of sp³-hybridized carbons (Fsp3) is 0.267. The van der Waals surface area contributed by atoms with Crippen molar-refractivity contribution in [3.63, 3.8) is 0 Å². The van der Waals surface area contributed by atoms with Crippen LogP contribution in [0.3, 0.4) is 0 Å². The van der Waals surface area contributed by atoms with E-state index in [4.69, 9.17) is 9.66 Å². The van der Waals surface area contributed by atoms with Crippen LogP contribution in [-0.4, -0.2) is 57.9 Å². The van der Waals surface area contributed by atoms with Crippen molar-refractivity contribution in [1.29, 1.82) is 0 Å². The van der Waals surface area contributed by atoms with Crippen molar-refractivity contribution in [1.82, 2.24) is 14.9 Å². The van der Waals surface area contributed by atoms with Gasteiger partial charge in [-0.15, -0.1) is 11.8 Å². The standard InChI is InChI=1S/C15H15N3O7S2/c19-12(10(17-27(23,24)25)8-4-2-1-3-5-8)16-11-13(20)18-9(15(21)22)6-7-26-14(11)18/h1-6,10-11,14,17H,7H2,(H,16,19)(H,21,22)(H,23,24,25)/t10?,11-,14-/m1/s1. The molecule has 4 N–H and O–H groups in total. The smallest absolute Gasteiger partial charge is 0.352 e. The number of carbonyl (C=O) groups excluding carboxylic acids is 2. The summed E-state index contributed by atoms with van der Waals surface area (Å²) in [6, 6.07) is 5.34. The Kier molecular flexibility index (Phi) is 5.24. The Bertz CT molecular complexity index is 917. The number of β-lactam (4-membered cyclic amide) rings is 1. The zero-order valence-electron chi connectivity index (χ0n) is 13.6. The van der Waals surface area contributed by atoms with E-state index in [0.29, 0.717) is 5.75 Å². The van der Waals surface area contributed by atoms with Gasteiger partial charge in [-0.05, 0) is 11.6 Å². The second kappa shape index (κ2) is 7.31. The Balaban J connectivity index is 1.78. The number of thioether (sulfide) groups is 1. The molecule has 3 rings (SSSR count). The van der Waals surface area contributed by atoms with Gasteiger partial charge in [-0.3, -0.25) is 19.0 Å². The number of aliphatic carboxylic acids is 1. The van der Waals surface area contributed by atoms with Crippen molar-refractivity contribution < 1.29 is 32.5 Å². The summed E-state index contributed by atoms with van der Waals surface area (Å²) in [6.07, 6.45) is 1.41. The average molecular weight is 413 g/mol. The third-order valence-electron chi connectivity index (χ3n) is 4.03. The summed E-state index contributed by atoms with van der Waals surface area (Å²) in [5, 5.41) is 11.0. The number of carboxylic acids is 1. The van der Waals surface area contributed by atoms with Crippen LogP contribution in [0.25, 0.3) is 0 Å². The van der Waals surface area contributed by atoms with Crippen LogP contribution in [0.4, 0.5) is 0 Å². The van der Waals surface area contributed by atoms with Crippen molar-refractivity contribution in [2.45, 2.75) is 17.5 Å². The van der Waals surface area contributed by atoms with E-state index < -0.39 is 45.5 Å². The third kappa shape index (κ3) is 3.98.